The first-order chi connectivity index (χ1) is 14.9. The third-order valence-electron chi connectivity index (χ3n) is 5.20. The van der Waals surface area contributed by atoms with E-state index >= 15 is 0 Å². The van der Waals surface area contributed by atoms with Crippen molar-refractivity contribution in [3.8, 4) is 0 Å². The number of ether oxygens (including phenoxy) is 2. The van der Waals surface area contributed by atoms with Crippen LogP contribution in [0, 0.1) is 0 Å². The lowest BCUT2D eigenvalue weighted by Gasteiger charge is -2.28. The van der Waals surface area contributed by atoms with Gasteiger partial charge in [0.2, 0.25) is 0 Å². The van der Waals surface area contributed by atoms with Gasteiger partial charge < -0.3 is 29.9 Å². The Hall–Kier alpha value is -1.30. The fourth-order valence-corrected chi connectivity index (χ4v) is 3.64. The molecule has 3 unspecified atom stereocenters. The van der Waals surface area contributed by atoms with Crippen LogP contribution in [0.2, 0.25) is 0 Å². The van der Waals surface area contributed by atoms with E-state index in [-0.39, 0.29) is 19.8 Å². The number of carbonyl (C=O) groups is 2. The Labute approximate surface area is 184 Å². The number of hydrogen-bond acceptors (Lipinski definition) is 10. The van der Waals surface area contributed by atoms with Gasteiger partial charge in [-0.25, -0.2) is 9.59 Å². The van der Waals surface area contributed by atoms with E-state index in [2.05, 4.69) is 0 Å². The van der Waals surface area contributed by atoms with Gasteiger partial charge in [0.05, 0.1) is 25.9 Å². The smallest absolute Gasteiger partial charge is 0.348 e. The number of nitrogens with zero attached hydrogens (tertiary/aromatic N) is 2. The normalized spacial score (nSPS) is 20.2. The number of aliphatic hydroxyl groups excluding tert-OH is 4. The maximum absolute atomic E-state index is 12.2. The molecule has 0 radical (unpaired) electrons. The van der Waals surface area contributed by atoms with E-state index in [9.17, 15) is 14.7 Å². The van der Waals surface area contributed by atoms with Crippen molar-refractivity contribution in [1.29, 1.82) is 0 Å². The molecule has 0 saturated carbocycles. The van der Waals surface area contributed by atoms with Crippen LogP contribution in [0.1, 0.15) is 45.4 Å². The Morgan fingerprint density at radius 3 is 1.58 bits per heavy atom. The summed E-state index contributed by atoms with van der Waals surface area (Å²) in [5, 5.41) is 36.6. The molecule has 0 bridgehead atoms. The lowest BCUT2D eigenvalue weighted by atomic mass is 10.1. The summed E-state index contributed by atoms with van der Waals surface area (Å²) in [7, 11) is 0. The zero-order valence-electron chi connectivity index (χ0n) is 18.7. The van der Waals surface area contributed by atoms with E-state index in [4.69, 9.17) is 24.8 Å². The van der Waals surface area contributed by atoms with Crippen LogP contribution in [-0.2, 0) is 19.1 Å². The molecule has 1 aliphatic rings. The second-order valence-corrected chi connectivity index (χ2v) is 8.00. The minimum Gasteiger partial charge on any atom is -0.448 e. The van der Waals surface area contributed by atoms with Crippen molar-refractivity contribution in [2.75, 3.05) is 59.1 Å². The molecule has 0 spiro atoms. The number of aliphatic hydroxyl groups is 4. The molecule has 10 heteroatoms. The van der Waals surface area contributed by atoms with Gasteiger partial charge in [0.15, 0.2) is 12.2 Å². The van der Waals surface area contributed by atoms with Crippen molar-refractivity contribution in [2.45, 2.75) is 63.8 Å². The number of carbonyl (C=O) groups excluding carboxylic acids is 2. The highest BCUT2D eigenvalue weighted by molar-refractivity contribution is 5.87. The Morgan fingerprint density at radius 2 is 1.16 bits per heavy atom. The summed E-state index contributed by atoms with van der Waals surface area (Å²) < 4.78 is 10.6. The van der Waals surface area contributed by atoms with Crippen molar-refractivity contribution in [3.63, 3.8) is 0 Å². The molecule has 0 aromatic heterocycles. The fourth-order valence-electron chi connectivity index (χ4n) is 3.64. The average molecular weight is 449 g/mol. The van der Waals surface area contributed by atoms with E-state index in [0.29, 0.717) is 65.0 Å². The second-order valence-electron chi connectivity index (χ2n) is 8.00. The maximum atomic E-state index is 12.2. The van der Waals surface area contributed by atoms with Crippen LogP contribution in [0.25, 0.3) is 0 Å². The highest BCUT2D eigenvalue weighted by atomic mass is 16.6. The van der Waals surface area contributed by atoms with Crippen molar-refractivity contribution in [1.82, 2.24) is 9.80 Å². The van der Waals surface area contributed by atoms with E-state index in [1.54, 1.807) is 6.92 Å². The molecule has 1 saturated heterocycles. The van der Waals surface area contributed by atoms with Gasteiger partial charge in [-0.1, -0.05) is 0 Å². The van der Waals surface area contributed by atoms with Crippen LogP contribution < -0.4 is 0 Å². The van der Waals surface area contributed by atoms with E-state index in [0.717, 1.165) is 12.8 Å². The summed E-state index contributed by atoms with van der Waals surface area (Å²) >= 11 is 0. The summed E-state index contributed by atoms with van der Waals surface area (Å²) in [4.78, 5) is 28.3. The van der Waals surface area contributed by atoms with Gasteiger partial charge in [-0.15, -0.1) is 0 Å². The third-order valence-corrected chi connectivity index (χ3v) is 5.20. The molecule has 4 N–H and O–H groups in total. The quantitative estimate of drug-likeness (QED) is 0.154. The molecule has 10 nitrogen and oxygen atoms in total. The van der Waals surface area contributed by atoms with Gasteiger partial charge in [0.25, 0.3) is 0 Å². The minimum absolute atomic E-state index is 0.0154. The van der Waals surface area contributed by atoms with Crippen molar-refractivity contribution >= 4 is 11.9 Å². The Morgan fingerprint density at radius 1 is 0.742 bits per heavy atom. The molecule has 1 aliphatic heterocycles. The molecular weight excluding hydrogens is 408 g/mol. The van der Waals surface area contributed by atoms with Crippen LogP contribution in [-0.4, -0.2) is 120 Å². The van der Waals surface area contributed by atoms with Gasteiger partial charge >= 0.3 is 11.9 Å². The predicted molar refractivity (Wildman–Crippen MR) is 113 cm³/mol. The van der Waals surface area contributed by atoms with Crippen LogP contribution in [0.5, 0.6) is 0 Å². The fraction of sp³-hybridized carbons (Fsp3) is 0.905. The molecule has 1 heterocycles. The summed E-state index contributed by atoms with van der Waals surface area (Å²) in [5.74, 6) is -1.02. The zero-order valence-corrected chi connectivity index (χ0v) is 18.7. The standard InChI is InChI=1S/C21H40N2O8/c1-17(27)16-23(12-15-26)9-5-3-7-19-21(29)30-18(20(28)31-19)6-2-4-8-22(10-13-24)11-14-25/h17-19,24-27H,2-16H2,1H3. The summed E-state index contributed by atoms with van der Waals surface area (Å²) in [6, 6.07) is 0. The first kappa shape index (κ1) is 27.7. The monoisotopic (exact) mass is 448 g/mol. The van der Waals surface area contributed by atoms with Crippen LogP contribution in [0.3, 0.4) is 0 Å². The predicted octanol–water partition coefficient (Wildman–Crippen LogP) is -0.874. The first-order valence-electron chi connectivity index (χ1n) is 11.3. The summed E-state index contributed by atoms with van der Waals surface area (Å²) in [6.45, 7) is 5.03. The van der Waals surface area contributed by atoms with Crippen molar-refractivity contribution in [3.05, 3.63) is 0 Å². The Kier molecular flexibility index (Phi) is 14.6. The van der Waals surface area contributed by atoms with Crippen LogP contribution >= 0.6 is 0 Å². The van der Waals surface area contributed by atoms with E-state index < -0.39 is 30.3 Å². The average Bonchev–Trinajstić information content (AvgIpc) is 2.71. The molecule has 1 fully saturated rings. The lowest BCUT2D eigenvalue weighted by Crippen LogP contribution is -2.44. The zero-order chi connectivity index (χ0) is 23.1. The third kappa shape index (κ3) is 11.8. The SMILES string of the molecule is CC(O)CN(CCO)CCCCC1OC(=O)C(CCCCN(CCO)CCO)OC1=O. The number of rotatable bonds is 18. The van der Waals surface area contributed by atoms with Gasteiger partial charge in [-0.05, 0) is 58.5 Å². The number of esters is 2. The number of cyclic esters (lactones) is 2. The molecule has 0 aromatic carbocycles. The van der Waals surface area contributed by atoms with Crippen LogP contribution in [0.4, 0.5) is 0 Å². The molecule has 0 aromatic rings. The summed E-state index contributed by atoms with van der Waals surface area (Å²) in [5.41, 5.74) is 0. The van der Waals surface area contributed by atoms with Gasteiger partial charge in [0, 0.05) is 26.2 Å². The van der Waals surface area contributed by atoms with Crippen LogP contribution in [0.15, 0.2) is 0 Å². The van der Waals surface area contributed by atoms with Crippen molar-refractivity contribution < 1.29 is 39.5 Å². The minimum atomic E-state index is -0.878. The van der Waals surface area contributed by atoms with Crippen molar-refractivity contribution in [2.24, 2.45) is 0 Å². The second kappa shape index (κ2) is 16.3. The number of unbranched alkanes of at least 4 members (excludes halogenated alkanes) is 2. The van der Waals surface area contributed by atoms with E-state index in [1.165, 1.54) is 0 Å². The van der Waals surface area contributed by atoms with Gasteiger partial charge in [0.1, 0.15) is 0 Å². The highest BCUT2D eigenvalue weighted by Crippen LogP contribution is 2.19. The molecule has 0 aliphatic carbocycles. The van der Waals surface area contributed by atoms with Gasteiger partial charge in [-0.3, -0.25) is 9.80 Å². The maximum Gasteiger partial charge on any atom is 0.348 e. The molecular formula is C21H40N2O8. The molecule has 1 rings (SSSR count). The topological polar surface area (TPSA) is 140 Å². The Bertz CT molecular complexity index is 500. The lowest BCUT2D eigenvalue weighted by molar-refractivity contribution is -0.196. The first-order valence-corrected chi connectivity index (χ1v) is 11.3. The van der Waals surface area contributed by atoms with Gasteiger partial charge in [-0.2, -0.15) is 0 Å². The molecule has 31 heavy (non-hydrogen) atoms. The van der Waals surface area contributed by atoms with E-state index in [1.807, 2.05) is 9.80 Å². The molecule has 3 atom stereocenters. The molecule has 0 amide bonds. The summed E-state index contributed by atoms with van der Waals surface area (Å²) in [6.07, 6.45) is 1.35. The molecule has 182 valence electrons. The Balaban J connectivity index is 2.28. The largest absolute Gasteiger partial charge is 0.448 e. The highest BCUT2D eigenvalue weighted by Gasteiger charge is 2.37. The number of hydrogen-bond donors (Lipinski definition) is 4.